The second kappa shape index (κ2) is 16.4. The Morgan fingerprint density at radius 3 is 1.43 bits per heavy atom. The van der Waals surface area contributed by atoms with Crippen molar-refractivity contribution in [2.75, 3.05) is 0 Å². The summed E-state index contributed by atoms with van der Waals surface area (Å²) >= 11 is 0. The van der Waals surface area contributed by atoms with E-state index in [0.29, 0.717) is 17.1 Å². The average molecular weight is 813 g/mol. The summed E-state index contributed by atoms with van der Waals surface area (Å²) in [5.41, 5.74) is 5.01. The van der Waals surface area contributed by atoms with Gasteiger partial charge in [-0.05, 0) is 119 Å². The summed E-state index contributed by atoms with van der Waals surface area (Å²) in [6.07, 6.45) is 0. The molecule has 0 spiro atoms. The Kier molecular flexibility index (Phi) is 12.0. The molecule has 0 radical (unpaired) electrons. The summed E-state index contributed by atoms with van der Waals surface area (Å²) in [5.74, 6) is -2.08. The molecule has 0 unspecified atom stereocenters. The molecule has 0 aliphatic heterocycles. The van der Waals surface area contributed by atoms with E-state index in [2.05, 4.69) is 20.3 Å². The zero-order chi connectivity index (χ0) is 40.1. The molecule has 300 valence electrons. The monoisotopic (exact) mass is 812 g/mol. The maximum atomic E-state index is 14.5. The number of carboxylic acid groups (broad SMARTS) is 1. The van der Waals surface area contributed by atoms with Crippen LogP contribution in [0.1, 0.15) is 71.2 Å². The molecule has 0 bridgehead atoms. The van der Waals surface area contributed by atoms with E-state index in [9.17, 15) is 18.4 Å². The highest BCUT2D eigenvalue weighted by atomic mass is 35.5. The smallest absolute Gasteiger partial charge is 0.341 e. The molecule has 0 aliphatic carbocycles. The Hall–Kier alpha value is -6.67. The van der Waals surface area contributed by atoms with Crippen LogP contribution in [-0.4, -0.2) is 42.9 Å². The normalized spacial score (nSPS) is 11.1. The molecule has 0 amide bonds. The van der Waals surface area contributed by atoms with Crippen molar-refractivity contribution in [3.63, 3.8) is 0 Å². The number of benzene rings is 4. The van der Waals surface area contributed by atoms with Crippen LogP contribution in [0, 0.1) is 39.3 Å². The van der Waals surface area contributed by atoms with Gasteiger partial charge < -0.3 is 27.7 Å². The molecule has 0 fully saturated rings. The number of aryl methyl sites for hydroxylation is 4. The predicted octanol–water partition coefficient (Wildman–Crippen LogP) is 11.5. The van der Waals surface area contributed by atoms with E-state index in [1.54, 1.807) is 20.8 Å². The van der Waals surface area contributed by atoms with Gasteiger partial charge >= 0.3 is 11.9 Å². The Balaban J connectivity index is 0.000000215. The third-order valence-corrected chi connectivity index (χ3v) is 8.77. The molecule has 0 saturated heterocycles. The molecule has 58 heavy (non-hydrogen) atoms. The average Bonchev–Trinajstić information content (AvgIpc) is 3.96. The van der Waals surface area contributed by atoms with Gasteiger partial charge in [0.05, 0.1) is 11.1 Å². The van der Waals surface area contributed by atoms with Crippen LogP contribution in [0.2, 0.25) is 0 Å². The first-order valence-corrected chi connectivity index (χ1v) is 17.3. The number of nitrogens with zero attached hydrogens (tertiary/aromatic N) is 4. The molecule has 8 rings (SSSR count). The van der Waals surface area contributed by atoms with Crippen LogP contribution in [0.15, 0.2) is 90.7 Å². The van der Waals surface area contributed by atoms with Gasteiger partial charge in [-0.2, -0.15) is 9.97 Å². The molecular formula is C43H39ClF2N4O8. The zero-order valence-electron chi connectivity index (χ0n) is 31.7. The van der Waals surface area contributed by atoms with Crippen LogP contribution in [-0.2, 0) is 4.74 Å². The summed E-state index contributed by atoms with van der Waals surface area (Å²) in [6, 6.07) is 19.3. The fourth-order valence-corrected chi connectivity index (χ4v) is 5.86. The van der Waals surface area contributed by atoms with Gasteiger partial charge in [0.1, 0.15) is 28.4 Å². The van der Waals surface area contributed by atoms with Crippen molar-refractivity contribution in [2.45, 2.75) is 61.5 Å². The van der Waals surface area contributed by atoms with Gasteiger partial charge in [-0.3, -0.25) is 0 Å². The van der Waals surface area contributed by atoms with Crippen LogP contribution < -0.4 is 0 Å². The Morgan fingerprint density at radius 2 is 1.05 bits per heavy atom. The van der Waals surface area contributed by atoms with Crippen LogP contribution in [0.3, 0.4) is 0 Å². The minimum absolute atomic E-state index is 0. The number of hydrogen-bond donors (Lipinski definition) is 1. The number of aromatic carboxylic acids is 1. The largest absolute Gasteiger partial charge is 0.478 e. The van der Waals surface area contributed by atoms with Crippen molar-refractivity contribution < 1.29 is 46.1 Å². The molecule has 4 aromatic heterocycles. The summed E-state index contributed by atoms with van der Waals surface area (Å²) in [6.45, 7) is 13.1. The fraction of sp³-hybridized carbons (Fsp3) is 0.209. The Bertz CT molecular complexity index is 2730. The third-order valence-electron chi connectivity index (χ3n) is 8.77. The molecular weight excluding hydrogens is 774 g/mol. The van der Waals surface area contributed by atoms with Gasteiger partial charge in [0, 0.05) is 21.9 Å². The van der Waals surface area contributed by atoms with E-state index in [4.69, 9.17) is 27.7 Å². The van der Waals surface area contributed by atoms with E-state index in [-0.39, 0.29) is 54.4 Å². The highest BCUT2D eigenvalue weighted by molar-refractivity contribution is 5.91. The van der Waals surface area contributed by atoms with E-state index >= 15 is 0 Å². The van der Waals surface area contributed by atoms with Gasteiger partial charge in [-0.1, -0.05) is 42.0 Å². The number of hydrogen-bond acceptors (Lipinski definition) is 11. The van der Waals surface area contributed by atoms with Crippen molar-refractivity contribution >= 4 is 46.3 Å². The Labute approximate surface area is 337 Å². The molecule has 8 aromatic rings. The number of esters is 1. The van der Waals surface area contributed by atoms with E-state index in [0.717, 1.165) is 56.3 Å². The standard InChI is InChI=1S/C23H21FN2O4.C19H13FN2O4.CH4.ClH/c1-12-6-7-13(2)19-16(12)11-18(28-19)20-25-21(30-26-20)14-8-9-15(17(24)10-14)22(27)29-23(3,4)5;1-9-3-4-10(2)16-13(9)8-15(25-16)17-21-18(26-22-17)11-5-6-12(19(23)24)14(20)7-11;;/h6-11H,1-5H3;3-8H,1-2H3,(H,23,24);1H4;1H. The Morgan fingerprint density at radius 1 is 0.638 bits per heavy atom. The highest BCUT2D eigenvalue weighted by Crippen LogP contribution is 2.33. The van der Waals surface area contributed by atoms with Gasteiger partial charge in [0.15, 0.2) is 11.5 Å². The highest BCUT2D eigenvalue weighted by Gasteiger charge is 2.23. The summed E-state index contributed by atoms with van der Waals surface area (Å²) in [4.78, 5) is 31.6. The number of furan rings is 2. The molecule has 4 heterocycles. The van der Waals surface area contributed by atoms with Gasteiger partial charge in [-0.15, -0.1) is 12.4 Å². The quantitative estimate of drug-likeness (QED) is 0.158. The van der Waals surface area contributed by atoms with Gasteiger partial charge in [-0.25, -0.2) is 18.4 Å². The first-order valence-electron chi connectivity index (χ1n) is 17.3. The molecule has 4 aromatic carbocycles. The zero-order valence-corrected chi connectivity index (χ0v) is 32.5. The number of aromatic nitrogens is 4. The van der Waals surface area contributed by atoms with Crippen molar-refractivity contribution in [1.29, 1.82) is 0 Å². The number of carbonyl (C=O) groups is 2. The predicted molar refractivity (Wildman–Crippen MR) is 215 cm³/mol. The number of ether oxygens (including phenoxy) is 1. The van der Waals surface area contributed by atoms with Crippen molar-refractivity contribution in [1.82, 2.24) is 20.3 Å². The van der Waals surface area contributed by atoms with Crippen molar-refractivity contribution in [3.8, 4) is 46.1 Å². The number of rotatable bonds is 6. The number of fused-ring (bicyclic) bond motifs is 2. The maximum absolute atomic E-state index is 14.5. The SMILES string of the molecule is C.Cc1ccc(C)c2oc(-c3noc(-c4ccc(C(=O)O)c(F)c4)n3)cc12.Cc1ccc(C)c2oc(-c3noc(-c4ccc(C(=O)OC(C)(C)C)c(F)c4)n3)cc12.Cl. The van der Waals surface area contributed by atoms with Crippen LogP contribution in [0.25, 0.3) is 68.0 Å². The maximum Gasteiger partial charge on any atom is 0.341 e. The van der Waals surface area contributed by atoms with E-state index in [1.807, 2.05) is 64.1 Å². The minimum Gasteiger partial charge on any atom is -0.478 e. The molecule has 1 N–H and O–H groups in total. The third kappa shape index (κ3) is 8.51. The summed E-state index contributed by atoms with van der Waals surface area (Å²) in [7, 11) is 0. The number of halogens is 3. The lowest BCUT2D eigenvalue weighted by Gasteiger charge is -2.19. The minimum atomic E-state index is -1.34. The first kappa shape index (κ1) is 42.5. The molecule has 0 saturated carbocycles. The van der Waals surface area contributed by atoms with Crippen LogP contribution in [0.4, 0.5) is 8.78 Å². The van der Waals surface area contributed by atoms with Crippen molar-refractivity contribution in [2.24, 2.45) is 0 Å². The summed E-state index contributed by atoms with van der Waals surface area (Å²) < 4.78 is 55.8. The first-order chi connectivity index (χ1) is 26.6. The van der Waals surface area contributed by atoms with Gasteiger partial charge in [0.2, 0.25) is 11.6 Å². The lowest BCUT2D eigenvalue weighted by Crippen LogP contribution is -2.24. The second-order valence-electron chi connectivity index (χ2n) is 14.1. The van der Waals surface area contributed by atoms with E-state index < -0.39 is 34.7 Å². The van der Waals surface area contributed by atoms with Crippen LogP contribution >= 0.6 is 12.4 Å². The van der Waals surface area contributed by atoms with Crippen LogP contribution in [0.5, 0.6) is 0 Å². The molecule has 0 atom stereocenters. The summed E-state index contributed by atoms with van der Waals surface area (Å²) in [5, 5.41) is 18.7. The topological polar surface area (TPSA) is 168 Å². The lowest BCUT2D eigenvalue weighted by molar-refractivity contribution is 0.00644. The molecule has 12 nitrogen and oxygen atoms in total. The van der Waals surface area contributed by atoms with Gasteiger partial charge in [0.25, 0.3) is 11.8 Å². The second-order valence-corrected chi connectivity index (χ2v) is 14.1. The number of carbonyl (C=O) groups excluding carboxylic acids is 1. The van der Waals surface area contributed by atoms with Crippen molar-refractivity contribution in [3.05, 3.63) is 118 Å². The van der Waals surface area contributed by atoms with E-state index in [1.165, 1.54) is 24.3 Å². The molecule has 0 aliphatic rings. The lowest BCUT2D eigenvalue weighted by atomic mass is 10.1. The fourth-order valence-electron chi connectivity index (χ4n) is 5.86. The number of carboxylic acids is 1. The molecule has 15 heteroatoms.